The Morgan fingerprint density at radius 1 is 1.19 bits per heavy atom. The summed E-state index contributed by atoms with van der Waals surface area (Å²) < 4.78 is 25.5. The number of nitrogens with zero attached hydrogens (tertiary/aromatic N) is 2. The summed E-state index contributed by atoms with van der Waals surface area (Å²) >= 11 is 1.71. The van der Waals surface area contributed by atoms with Gasteiger partial charge in [0.2, 0.25) is 10.0 Å². The van der Waals surface area contributed by atoms with Gasteiger partial charge in [0.05, 0.1) is 11.4 Å². The maximum Gasteiger partial charge on any atom is 0.242 e. The zero-order chi connectivity index (χ0) is 19.9. The Morgan fingerprint density at radius 2 is 1.89 bits per heavy atom. The Kier molecular flexibility index (Phi) is 7.82. The standard InChI is InChI=1S/C19H28N4O2S2/c1-5-20-19(21-12-15(2)17-10-11-26-14-17)22-13-16-6-8-18(9-7-16)27(24,25)23(3)4/h6-11,14-15H,5,12-13H2,1-4H3,(H2,20,21,22). The molecule has 1 heterocycles. The summed E-state index contributed by atoms with van der Waals surface area (Å²) in [6, 6.07) is 9.00. The van der Waals surface area contributed by atoms with Crippen LogP contribution in [0, 0.1) is 0 Å². The van der Waals surface area contributed by atoms with Crippen LogP contribution in [0.3, 0.4) is 0 Å². The third-order valence-corrected chi connectivity index (χ3v) is 6.68. The molecular weight excluding hydrogens is 380 g/mol. The first-order valence-electron chi connectivity index (χ1n) is 8.90. The third-order valence-electron chi connectivity index (χ3n) is 4.15. The molecule has 27 heavy (non-hydrogen) atoms. The van der Waals surface area contributed by atoms with Crippen LogP contribution in [0.5, 0.6) is 0 Å². The molecule has 0 amide bonds. The molecule has 0 bridgehead atoms. The van der Waals surface area contributed by atoms with Gasteiger partial charge in [0.15, 0.2) is 5.96 Å². The van der Waals surface area contributed by atoms with Crippen LogP contribution in [-0.2, 0) is 16.6 Å². The molecule has 1 unspecified atom stereocenters. The van der Waals surface area contributed by atoms with E-state index in [-0.39, 0.29) is 4.90 Å². The van der Waals surface area contributed by atoms with Gasteiger partial charge in [-0.25, -0.2) is 17.7 Å². The van der Waals surface area contributed by atoms with Gasteiger partial charge in [-0.2, -0.15) is 11.3 Å². The van der Waals surface area contributed by atoms with E-state index in [4.69, 9.17) is 0 Å². The summed E-state index contributed by atoms with van der Waals surface area (Å²) in [5.41, 5.74) is 2.27. The SMILES string of the molecule is CCNC(=NCc1ccc(S(=O)(=O)N(C)C)cc1)NCC(C)c1ccsc1. The van der Waals surface area contributed by atoms with Gasteiger partial charge in [-0.1, -0.05) is 19.1 Å². The lowest BCUT2D eigenvalue weighted by Crippen LogP contribution is -2.39. The predicted octanol–water partition coefficient (Wildman–Crippen LogP) is 2.86. The molecule has 0 fully saturated rings. The summed E-state index contributed by atoms with van der Waals surface area (Å²) in [4.78, 5) is 4.89. The van der Waals surface area contributed by atoms with Gasteiger partial charge >= 0.3 is 0 Å². The zero-order valence-corrected chi connectivity index (χ0v) is 17.9. The number of aliphatic imine (C=N–C) groups is 1. The lowest BCUT2D eigenvalue weighted by Gasteiger charge is -2.15. The zero-order valence-electron chi connectivity index (χ0n) is 16.3. The summed E-state index contributed by atoms with van der Waals surface area (Å²) in [6.07, 6.45) is 0. The largest absolute Gasteiger partial charge is 0.357 e. The van der Waals surface area contributed by atoms with Crippen LogP contribution in [0.1, 0.15) is 30.9 Å². The first-order chi connectivity index (χ1) is 12.8. The first-order valence-corrected chi connectivity index (χ1v) is 11.3. The molecule has 2 rings (SSSR count). The lowest BCUT2D eigenvalue weighted by atomic mass is 10.1. The molecule has 1 aromatic carbocycles. The molecule has 2 aromatic rings. The monoisotopic (exact) mass is 408 g/mol. The van der Waals surface area contributed by atoms with Crippen molar-refractivity contribution in [2.24, 2.45) is 4.99 Å². The quantitative estimate of drug-likeness (QED) is 0.520. The van der Waals surface area contributed by atoms with Crippen LogP contribution in [-0.4, -0.2) is 45.9 Å². The Bertz CT molecular complexity index is 829. The number of thiophene rings is 1. The van der Waals surface area contributed by atoms with Crippen molar-refractivity contribution < 1.29 is 8.42 Å². The number of sulfonamides is 1. The Hall–Kier alpha value is -1.90. The van der Waals surface area contributed by atoms with E-state index in [0.717, 1.165) is 24.6 Å². The minimum atomic E-state index is -3.40. The molecule has 0 radical (unpaired) electrons. The number of hydrogen-bond donors (Lipinski definition) is 2. The van der Waals surface area contributed by atoms with Gasteiger partial charge in [0.25, 0.3) is 0 Å². The smallest absolute Gasteiger partial charge is 0.242 e. The summed E-state index contributed by atoms with van der Waals surface area (Å²) in [5.74, 6) is 1.15. The fourth-order valence-electron chi connectivity index (χ4n) is 2.41. The van der Waals surface area contributed by atoms with Crippen molar-refractivity contribution in [1.29, 1.82) is 0 Å². The minimum absolute atomic E-state index is 0.287. The van der Waals surface area contributed by atoms with Crippen molar-refractivity contribution in [2.45, 2.75) is 31.2 Å². The molecule has 1 atom stereocenters. The van der Waals surface area contributed by atoms with Crippen LogP contribution in [0.25, 0.3) is 0 Å². The van der Waals surface area contributed by atoms with E-state index in [9.17, 15) is 8.42 Å². The van der Waals surface area contributed by atoms with E-state index in [2.05, 4.69) is 39.4 Å². The minimum Gasteiger partial charge on any atom is -0.357 e. The second kappa shape index (κ2) is 9.87. The van der Waals surface area contributed by atoms with Gasteiger partial charge in [-0.15, -0.1) is 0 Å². The van der Waals surface area contributed by atoms with Crippen molar-refractivity contribution in [3.63, 3.8) is 0 Å². The highest BCUT2D eigenvalue weighted by atomic mass is 32.2. The van der Waals surface area contributed by atoms with Gasteiger partial charge < -0.3 is 10.6 Å². The molecule has 0 aliphatic rings. The molecule has 0 spiro atoms. The van der Waals surface area contributed by atoms with Crippen molar-refractivity contribution in [1.82, 2.24) is 14.9 Å². The van der Waals surface area contributed by atoms with Crippen molar-refractivity contribution in [3.05, 3.63) is 52.2 Å². The second-order valence-corrected chi connectivity index (χ2v) is 9.40. The first kappa shape index (κ1) is 21.4. The highest BCUT2D eigenvalue weighted by Crippen LogP contribution is 2.17. The molecule has 2 N–H and O–H groups in total. The topological polar surface area (TPSA) is 73.8 Å². The van der Waals surface area contributed by atoms with Crippen LogP contribution in [0.4, 0.5) is 0 Å². The van der Waals surface area contributed by atoms with Crippen molar-refractivity contribution >= 4 is 27.3 Å². The summed E-state index contributed by atoms with van der Waals surface area (Å²) in [7, 11) is -0.346. The maximum absolute atomic E-state index is 12.1. The highest BCUT2D eigenvalue weighted by molar-refractivity contribution is 7.89. The number of nitrogens with one attached hydrogen (secondary N) is 2. The molecule has 6 nitrogen and oxygen atoms in total. The fraction of sp³-hybridized carbons (Fsp3) is 0.421. The lowest BCUT2D eigenvalue weighted by molar-refractivity contribution is 0.520. The third kappa shape index (κ3) is 6.05. The number of guanidine groups is 1. The average molecular weight is 409 g/mol. The van der Waals surface area contributed by atoms with Crippen molar-refractivity contribution in [3.8, 4) is 0 Å². The van der Waals surface area contributed by atoms with Crippen molar-refractivity contribution in [2.75, 3.05) is 27.2 Å². The number of rotatable bonds is 8. The van der Waals surface area contributed by atoms with E-state index in [1.54, 1.807) is 35.6 Å². The van der Waals surface area contributed by atoms with E-state index in [0.29, 0.717) is 12.5 Å². The Balaban J connectivity index is 1.99. The van der Waals surface area contributed by atoms with Crippen LogP contribution < -0.4 is 10.6 Å². The van der Waals surface area contributed by atoms with Gasteiger partial charge in [-0.05, 0) is 52.9 Å². The molecule has 1 aromatic heterocycles. The van der Waals surface area contributed by atoms with Gasteiger partial charge in [-0.3, -0.25) is 0 Å². The number of benzene rings is 1. The second-order valence-electron chi connectivity index (χ2n) is 6.47. The predicted molar refractivity (Wildman–Crippen MR) is 113 cm³/mol. The summed E-state index contributed by atoms with van der Waals surface area (Å²) in [5, 5.41) is 10.9. The molecule has 0 aliphatic heterocycles. The van der Waals surface area contributed by atoms with Crippen LogP contribution in [0.15, 0.2) is 51.0 Å². The number of hydrogen-bond acceptors (Lipinski definition) is 4. The maximum atomic E-state index is 12.1. The van der Waals surface area contributed by atoms with E-state index in [1.165, 1.54) is 24.0 Å². The van der Waals surface area contributed by atoms with Crippen LogP contribution >= 0.6 is 11.3 Å². The molecule has 0 aliphatic carbocycles. The van der Waals surface area contributed by atoms with Crippen LogP contribution in [0.2, 0.25) is 0 Å². The van der Waals surface area contributed by atoms with Gasteiger partial charge in [0.1, 0.15) is 0 Å². The molecular formula is C19H28N4O2S2. The summed E-state index contributed by atoms with van der Waals surface area (Å²) in [6.45, 7) is 6.26. The van der Waals surface area contributed by atoms with E-state index in [1.807, 2.05) is 6.92 Å². The molecule has 8 heteroatoms. The van der Waals surface area contributed by atoms with E-state index < -0.39 is 10.0 Å². The average Bonchev–Trinajstić information content (AvgIpc) is 3.19. The molecule has 0 saturated carbocycles. The normalized spacial score (nSPS) is 13.6. The Labute approximate surface area is 166 Å². The Morgan fingerprint density at radius 3 is 2.44 bits per heavy atom. The molecule has 0 saturated heterocycles. The highest BCUT2D eigenvalue weighted by Gasteiger charge is 2.16. The van der Waals surface area contributed by atoms with Gasteiger partial charge in [0, 0.05) is 27.2 Å². The molecule has 148 valence electrons. The fourth-order valence-corrected chi connectivity index (χ4v) is 4.10. The van der Waals surface area contributed by atoms with E-state index >= 15 is 0 Å².